The molecule has 1 rings (SSSR count). The Labute approximate surface area is 97.7 Å². The summed E-state index contributed by atoms with van der Waals surface area (Å²) < 4.78 is 0.766. The van der Waals surface area contributed by atoms with Gasteiger partial charge in [0, 0.05) is 10.7 Å². The normalized spacial score (nSPS) is 10.9. The fourth-order valence-electron chi connectivity index (χ4n) is 0.951. The number of nitrogens with zero attached hydrogens (tertiary/aromatic N) is 1. The molecule has 1 amide bonds. The third kappa shape index (κ3) is 3.83. The van der Waals surface area contributed by atoms with Gasteiger partial charge in [0.15, 0.2) is 0 Å². The molecule has 0 saturated carbocycles. The van der Waals surface area contributed by atoms with Gasteiger partial charge >= 0.3 is 0 Å². The van der Waals surface area contributed by atoms with Crippen LogP contribution in [0.5, 0.6) is 0 Å². The maximum atomic E-state index is 11.6. The molecular weight excluding hydrogens is 256 g/mol. The van der Waals surface area contributed by atoms with Gasteiger partial charge in [-0.1, -0.05) is 26.0 Å². The zero-order chi connectivity index (χ0) is 11.3. The Morgan fingerprint density at radius 3 is 2.73 bits per heavy atom. The quantitative estimate of drug-likeness (QED) is 0.665. The van der Waals surface area contributed by atoms with E-state index in [1.807, 2.05) is 32.0 Å². The zero-order valence-electron chi connectivity index (χ0n) is 8.70. The summed E-state index contributed by atoms with van der Waals surface area (Å²) in [7, 11) is 0. The van der Waals surface area contributed by atoms with Crippen molar-refractivity contribution < 1.29 is 4.79 Å². The maximum Gasteiger partial charge on any atom is 0.272 e. The number of hydrogen-bond donors (Lipinski definition) is 1. The van der Waals surface area contributed by atoms with Crippen LogP contribution in [0.4, 0.5) is 0 Å². The van der Waals surface area contributed by atoms with Crippen molar-refractivity contribution in [2.24, 2.45) is 11.0 Å². The lowest BCUT2D eigenvalue weighted by Crippen LogP contribution is -2.18. The molecule has 80 valence electrons. The van der Waals surface area contributed by atoms with Crippen LogP contribution >= 0.6 is 15.9 Å². The van der Waals surface area contributed by atoms with E-state index >= 15 is 0 Å². The molecule has 0 fully saturated rings. The van der Waals surface area contributed by atoms with Crippen LogP contribution in [0.2, 0.25) is 0 Å². The van der Waals surface area contributed by atoms with Crippen molar-refractivity contribution in [3.8, 4) is 0 Å². The monoisotopic (exact) mass is 268 g/mol. The van der Waals surface area contributed by atoms with Gasteiger partial charge < -0.3 is 0 Å². The largest absolute Gasteiger partial charge is 0.272 e. The van der Waals surface area contributed by atoms with Gasteiger partial charge in [-0.15, -0.1) is 0 Å². The van der Waals surface area contributed by atoms with E-state index in [0.29, 0.717) is 11.5 Å². The third-order valence-electron chi connectivity index (χ3n) is 1.66. The van der Waals surface area contributed by atoms with E-state index in [1.54, 1.807) is 12.3 Å². The Kier molecular flexibility index (Phi) is 4.49. The van der Waals surface area contributed by atoms with Crippen LogP contribution in [0.1, 0.15) is 24.2 Å². The molecule has 0 unspecified atom stereocenters. The van der Waals surface area contributed by atoms with Crippen LogP contribution in [-0.4, -0.2) is 12.1 Å². The fraction of sp³-hybridized carbons (Fsp3) is 0.273. The highest BCUT2D eigenvalue weighted by Gasteiger charge is 2.07. The Balaban J connectivity index is 2.66. The van der Waals surface area contributed by atoms with Gasteiger partial charge in [-0.3, -0.25) is 4.79 Å². The van der Waals surface area contributed by atoms with Gasteiger partial charge in [0.25, 0.3) is 5.91 Å². The smallest absolute Gasteiger partial charge is 0.267 e. The molecule has 1 N–H and O–H groups in total. The minimum atomic E-state index is -0.209. The summed E-state index contributed by atoms with van der Waals surface area (Å²) in [5.41, 5.74) is 3.05. The predicted molar refractivity (Wildman–Crippen MR) is 64.9 cm³/mol. The van der Waals surface area contributed by atoms with E-state index in [9.17, 15) is 4.79 Å². The first-order valence-electron chi connectivity index (χ1n) is 4.69. The van der Waals surface area contributed by atoms with E-state index < -0.39 is 0 Å². The summed E-state index contributed by atoms with van der Waals surface area (Å²) in [5, 5.41) is 3.84. The van der Waals surface area contributed by atoms with Gasteiger partial charge in [0.05, 0.1) is 5.56 Å². The molecule has 1 aromatic rings. The molecule has 1 aromatic carbocycles. The second-order valence-corrected chi connectivity index (χ2v) is 4.30. The van der Waals surface area contributed by atoms with Gasteiger partial charge in [-0.2, -0.15) is 5.10 Å². The number of nitrogens with one attached hydrogen (secondary N) is 1. The first-order chi connectivity index (χ1) is 7.11. The van der Waals surface area contributed by atoms with E-state index in [4.69, 9.17) is 0 Å². The Hall–Kier alpha value is -1.16. The van der Waals surface area contributed by atoms with Crippen molar-refractivity contribution in [1.29, 1.82) is 0 Å². The number of amides is 1. The fourth-order valence-corrected chi connectivity index (χ4v) is 1.42. The van der Waals surface area contributed by atoms with Crippen LogP contribution in [0, 0.1) is 5.92 Å². The van der Waals surface area contributed by atoms with Crippen LogP contribution in [0.15, 0.2) is 33.8 Å². The molecule has 0 atom stereocenters. The number of hydrazone groups is 1. The van der Waals surface area contributed by atoms with Gasteiger partial charge in [0.2, 0.25) is 0 Å². The molecule has 0 heterocycles. The summed E-state index contributed by atoms with van der Waals surface area (Å²) in [6, 6.07) is 7.23. The molecule has 0 aliphatic carbocycles. The lowest BCUT2D eigenvalue weighted by Gasteiger charge is -2.02. The molecule has 0 bridgehead atoms. The van der Waals surface area contributed by atoms with Crippen molar-refractivity contribution >= 4 is 28.1 Å². The van der Waals surface area contributed by atoms with E-state index in [2.05, 4.69) is 26.5 Å². The molecule has 0 aliphatic heterocycles. The zero-order valence-corrected chi connectivity index (χ0v) is 10.3. The molecule has 0 spiro atoms. The molecule has 0 saturated heterocycles. The molecule has 3 nitrogen and oxygen atoms in total. The second-order valence-electron chi connectivity index (χ2n) is 3.44. The highest BCUT2D eigenvalue weighted by molar-refractivity contribution is 9.10. The number of hydrogen-bond acceptors (Lipinski definition) is 2. The third-order valence-corrected chi connectivity index (χ3v) is 2.35. The SMILES string of the molecule is CC(C)/C=N/NC(=O)c1ccccc1Br. The van der Waals surface area contributed by atoms with Crippen LogP contribution < -0.4 is 5.43 Å². The number of rotatable bonds is 3. The second kappa shape index (κ2) is 5.66. The molecule has 0 aromatic heterocycles. The summed E-state index contributed by atoms with van der Waals surface area (Å²) in [4.78, 5) is 11.6. The number of halogens is 1. The van der Waals surface area contributed by atoms with Crippen molar-refractivity contribution in [1.82, 2.24) is 5.43 Å². The average Bonchev–Trinajstić information content (AvgIpc) is 2.17. The van der Waals surface area contributed by atoms with E-state index in [-0.39, 0.29) is 5.91 Å². The van der Waals surface area contributed by atoms with Gasteiger partial charge in [0.1, 0.15) is 0 Å². The van der Waals surface area contributed by atoms with Crippen molar-refractivity contribution in [2.75, 3.05) is 0 Å². The maximum absolute atomic E-state index is 11.6. The predicted octanol–water partition coefficient (Wildman–Crippen LogP) is 2.82. The van der Waals surface area contributed by atoms with Crippen molar-refractivity contribution in [3.63, 3.8) is 0 Å². The minimum Gasteiger partial charge on any atom is -0.267 e. The number of benzene rings is 1. The average molecular weight is 269 g/mol. The highest BCUT2D eigenvalue weighted by atomic mass is 79.9. The Bertz CT molecular complexity index is 375. The molecular formula is C11H13BrN2O. The van der Waals surface area contributed by atoms with Crippen molar-refractivity contribution in [3.05, 3.63) is 34.3 Å². The van der Waals surface area contributed by atoms with Crippen LogP contribution in [0.3, 0.4) is 0 Å². The molecule has 15 heavy (non-hydrogen) atoms. The van der Waals surface area contributed by atoms with Crippen molar-refractivity contribution in [2.45, 2.75) is 13.8 Å². The molecule has 0 aliphatic rings. The Morgan fingerprint density at radius 1 is 1.47 bits per heavy atom. The van der Waals surface area contributed by atoms with Gasteiger partial charge in [-0.05, 0) is 34.0 Å². The van der Waals surface area contributed by atoms with Crippen LogP contribution in [-0.2, 0) is 0 Å². The number of carbonyl (C=O) groups is 1. The standard InChI is InChI=1S/C11H13BrN2O/c1-8(2)7-13-14-11(15)9-5-3-4-6-10(9)12/h3-8H,1-2H3,(H,14,15)/b13-7+. The Morgan fingerprint density at radius 2 is 2.13 bits per heavy atom. The topological polar surface area (TPSA) is 41.5 Å². The first-order valence-corrected chi connectivity index (χ1v) is 5.48. The lowest BCUT2D eigenvalue weighted by molar-refractivity contribution is 0.0954. The van der Waals surface area contributed by atoms with Gasteiger partial charge in [-0.25, -0.2) is 5.43 Å². The summed E-state index contributed by atoms with van der Waals surface area (Å²) in [6.45, 7) is 3.99. The molecule has 4 heteroatoms. The highest BCUT2D eigenvalue weighted by Crippen LogP contribution is 2.15. The summed E-state index contributed by atoms with van der Waals surface area (Å²) in [5.74, 6) is 0.115. The minimum absolute atomic E-state index is 0.209. The summed E-state index contributed by atoms with van der Waals surface area (Å²) >= 11 is 3.31. The van der Waals surface area contributed by atoms with E-state index in [0.717, 1.165) is 4.47 Å². The lowest BCUT2D eigenvalue weighted by atomic mass is 10.2. The number of carbonyl (C=O) groups excluding carboxylic acids is 1. The summed E-state index contributed by atoms with van der Waals surface area (Å²) in [6.07, 6.45) is 1.69. The van der Waals surface area contributed by atoms with Crippen LogP contribution in [0.25, 0.3) is 0 Å². The molecule has 0 radical (unpaired) electrons. The van der Waals surface area contributed by atoms with E-state index in [1.165, 1.54) is 0 Å². The first kappa shape index (κ1) is 11.9.